The molecule has 1 nitrogen and oxygen atoms in total. The molecule has 14 heavy (non-hydrogen) atoms. The number of hydrogen-bond acceptors (Lipinski definition) is 1. The second-order valence-corrected chi connectivity index (χ2v) is 4.45. The molecule has 0 amide bonds. The minimum atomic E-state index is 0.364. The summed E-state index contributed by atoms with van der Waals surface area (Å²) < 4.78 is 6.81. The van der Waals surface area contributed by atoms with Gasteiger partial charge in [-0.1, -0.05) is 41.4 Å². The van der Waals surface area contributed by atoms with E-state index in [0.29, 0.717) is 12.7 Å². The van der Waals surface area contributed by atoms with Crippen LogP contribution in [0.15, 0.2) is 28.7 Å². The lowest BCUT2D eigenvalue weighted by atomic mass is 10.2. The van der Waals surface area contributed by atoms with Gasteiger partial charge in [0, 0.05) is 4.47 Å². The molecule has 1 rings (SSSR count). The predicted octanol–water partition coefficient (Wildman–Crippen LogP) is 4.15. The Morgan fingerprint density at radius 3 is 2.50 bits per heavy atom. The molecule has 0 aliphatic rings. The van der Waals surface area contributed by atoms with Crippen molar-refractivity contribution in [3.8, 4) is 0 Å². The van der Waals surface area contributed by atoms with E-state index in [4.69, 9.17) is 4.74 Å². The Balaban J connectivity index is 2.34. The quantitative estimate of drug-likeness (QED) is 0.769. The molecule has 0 heterocycles. The average molecular weight is 257 g/mol. The summed E-state index contributed by atoms with van der Waals surface area (Å²) in [5, 5.41) is 0. The van der Waals surface area contributed by atoms with Crippen molar-refractivity contribution >= 4 is 15.9 Å². The lowest BCUT2D eigenvalue weighted by molar-refractivity contribution is 0.0472. The summed E-state index contributed by atoms with van der Waals surface area (Å²) in [4.78, 5) is 0. The summed E-state index contributed by atoms with van der Waals surface area (Å²) in [6.07, 6.45) is 2.68. The van der Waals surface area contributed by atoms with E-state index in [1.54, 1.807) is 0 Å². The van der Waals surface area contributed by atoms with Crippen LogP contribution in [0, 0.1) is 0 Å². The minimum Gasteiger partial charge on any atom is -0.374 e. The second-order valence-electron chi connectivity index (χ2n) is 3.54. The SMILES string of the molecule is CCCC(C)OCc1ccc(Br)cc1. The van der Waals surface area contributed by atoms with E-state index < -0.39 is 0 Å². The van der Waals surface area contributed by atoms with Crippen molar-refractivity contribution in [1.29, 1.82) is 0 Å². The van der Waals surface area contributed by atoms with Crippen molar-refractivity contribution < 1.29 is 4.74 Å². The van der Waals surface area contributed by atoms with Crippen LogP contribution in [-0.2, 0) is 11.3 Å². The summed E-state index contributed by atoms with van der Waals surface area (Å²) >= 11 is 3.41. The zero-order valence-corrected chi connectivity index (χ0v) is 10.4. The Hall–Kier alpha value is -0.340. The summed E-state index contributed by atoms with van der Waals surface area (Å²) in [7, 11) is 0. The summed E-state index contributed by atoms with van der Waals surface area (Å²) in [6, 6.07) is 8.26. The maximum Gasteiger partial charge on any atom is 0.0720 e. The molecule has 0 spiro atoms. The number of hydrogen-bond donors (Lipinski definition) is 0. The fraction of sp³-hybridized carbons (Fsp3) is 0.500. The molecule has 0 N–H and O–H groups in total. The van der Waals surface area contributed by atoms with Crippen LogP contribution in [0.2, 0.25) is 0 Å². The third-order valence-electron chi connectivity index (χ3n) is 2.14. The van der Waals surface area contributed by atoms with Gasteiger partial charge in [0.15, 0.2) is 0 Å². The normalized spacial score (nSPS) is 12.8. The Labute approximate surface area is 94.6 Å². The predicted molar refractivity (Wildman–Crippen MR) is 63.3 cm³/mol. The molecule has 0 aliphatic carbocycles. The number of ether oxygens (including phenoxy) is 1. The topological polar surface area (TPSA) is 9.23 Å². The van der Waals surface area contributed by atoms with Gasteiger partial charge in [-0.25, -0.2) is 0 Å². The van der Waals surface area contributed by atoms with Crippen molar-refractivity contribution in [2.45, 2.75) is 39.4 Å². The zero-order chi connectivity index (χ0) is 10.4. The van der Waals surface area contributed by atoms with E-state index in [9.17, 15) is 0 Å². The van der Waals surface area contributed by atoms with Gasteiger partial charge in [0.05, 0.1) is 12.7 Å². The zero-order valence-electron chi connectivity index (χ0n) is 8.79. The van der Waals surface area contributed by atoms with Gasteiger partial charge in [-0.2, -0.15) is 0 Å². The lowest BCUT2D eigenvalue weighted by Crippen LogP contribution is -2.07. The highest BCUT2D eigenvalue weighted by Crippen LogP contribution is 2.12. The molecule has 0 saturated heterocycles. The van der Waals surface area contributed by atoms with E-state index in [1.165, 1.54) is 12.0 Å². The van der Waals surface area contributed by atoms with Crippen LogP contribution in [0.4, 0.5) is 0 Å². The number of rotatable bonds is 5. The third kappa shape index (κ3) is 4.25. The third-order valence-corrected chi connectivity index (χ3v) is 2.67. The van der Waals surface area contributed by atoms with Gasteiger partial charge in [0.2, 0.25) is 0 Å². The molecule has 78 valence electrons. The lowest BCUT2D eigenvalue weighted by Gasteiger charge is -2.11. The highest BCUT2D eigenvalue weighted by molar-refractivity contribution is 9.10. The first kappa shape index (κ1) is 11.7. The van der Waals surface area contributed by atoms with Crippen LogP contribution in [0.25, 0.3) is 0 Å². The van der Waals surface area contributed by atoms with Gasteiger partial charge < -0.3 is 4.74 Å². The van der Waals surface area contributed by atoms with Crippen LogP contribution >= 0.6 is 15.9 Å². The Morgan fingerprint density at radius 1 is 1.29 bits per heavy atom. The molecule has 1 aromatic carbocycles. The van der Waals surface area contributed by atoms with Crippen molar-refractivity contribution in [2.75, 3.05) is 0 Å². The molecule has 0 radical (unpaired) electrons. The van der Waals surface area contributed by atoms with Crippen LogP contribution in [0.5, 0.6) is 0 Å². The van der Waals surface area contributed by atoms with Gasteiger partial charge in [-0.15, -0.1) is 0 Å². The fourth-order valence-corrected chi connectivity index (χ4v) is 1.57. The molecule has 1 unspecified atom stereocenters. The van der Waals surface area contributed by atoms with Crippen molar-refractivity contribution in [1.82, 2.24) is 0 Å². The van der Waals surface area contributed by atoms with Gasteiger partial charge in [0.25, 0.3) is 0 Å². The summed E-state index contributed by atoms with van der Waals surface area (Å²) in [6.45, 7) is 5.02. The molecular weight excluding hydrogens is 240 g/mol. The molecule has 0 fully saturated rings. The monoisotopic (exact) mass is 256 g/mol. The van der Waals surface area contributed by atoms with Crippen LogP contribution < -0.4 is 0 Å². The summed E-state index contributed by atoms with van der Waals surface area (Å²) in [5.41, 5.74) is 1.23. The Kier molecular flexibility index (Phi) is 5.20. The van der Waals surface area contributed by atoms with E-state index >= 15 is 0 Å². The first-order valence-electron chi connectivity index (χ1n) is 5.08. The largest absolute Gasteiger partial charge is 0.374 e. The molecular formula is C12H17BrO. The van der Waals surface area contributed by atoms with Crippen molar-refractivity contribution in [3.63, 3.8) is 0 Å². The first-order valence-corrected chi connectivity index (χ1v) is 5.87. The van der Waals surface area contributed by atoms with Crippen molar-refractivity contribution in [2.24, 2.45) is 0 Å². The fourth-order valence-electron chi connectivity index (χ4n) is 1.31. The van der Waals surface area contributed by atoms with Gasteiger partial charge in [-0.05, 0) is 31.0 Å². The standard InChI is InChI=1S/C12H17BrO/c1-3-4-10(2)14-9-11-5-7-12(13)8-6-11/h5-8,10H,3-4,9H2,1-2H3. The maximum absolute atomic E-state index is 5.69. The second kappa shape index (κ2) is 6.20. The Bertz CT molecular complexity index is 256. The van der Waals surface area contributed by atoms with Crippen LogP contribution in [-0.4, -0.2) is 6.10 Å². The molecule has 2 heteroatoms. The van der Waals surface area contributed by atoms with Gasteiger partial charge in [0.1, 0.15) is 0 Å². The molecule has 1 atom stereocenters. The Morgan fingerprint density at radius 2 is 1.93 bits per heavy atom. The minimum absolute atomic E-state index is 0.364. The number of halogens is 1. The summed E-state index contributed by atoms with van der Waals surface area (Å²) in [5.74, 6) is 0. The van der Waals surface area contributed by atoms with Crippen LogP contribution in [0.1, 0.15) is 32.3 Å². The number of benzene rings is 1. The van der Waals surface area contributed by atoms with E-state index in [1.807, 2.05) is 12.1 Å². The molecule has 0 saturated carbocycles. The van der Waals surface area contributed by atoms with E-state index in [0.717, 1.165) is 10.9 Å². The van der Waals surface area contributed by atoms with Crippen LogP contribution in [0.3, 0.4) is 0 Å². The molecule has 0 aromatic heterocycles. The highest BCUT2D eigenvalue weighted by atomic mass is 79.9. The molecule has 0 aliphatic heterocycles. The van der Waals surface area contributed by atoms with Crippen molar-refractivity contribution in [3.05, 3.63) is 34.3 Å². The average Bonchev–Trinajstić information content (AvgIpc) is 2.17. The first-order chi connectivity index (χ1) is 6.72. The smallest absolute Gasteiger partial charge is 0.0720 e. The van der Waals surface area contributed by atoms with E-state index in [2.05, 4.69) is 41.9 Å². The highest BCUT2D eigenvalue weighted by Gasteiger charge is 2.00. The van der Waals surface area contributed by atoms with E-state index in [-0.39, 0.29) is 0 Å². The van der Waals surface area contributed by atoms with Gasteiger partial charge >= 0.3 is 0 Å². The molecule has 0 bridgehead atoms. The molecule has 1 aromatic rings. The maximum atomic E-state index is 5.69. The van der Waals surface area contributed by atoms with Gasteiger partial charge in [-0.3, -0.25) is 0 Å².